The van der Waals surface area contributed by atoms with Crippen LogP contribution in [0.2, 0.25) is 0 Å². The van der Waals surface area contributed by atoms with Crippen molar-refractivity contribution in [2.24, 2.45) is 0 Å². The van der Waals surface area contributed by atoms with Crippen LogP contribution in [0.4, 0.5) is 39.5 Å². The van der Waals surface area contributed by atoms with E-state index < -0.39 is 35.8 Å². The predicted octanol–water partition coefficient (Wildman–Crippen LogP) is -1.36. The largest absolute Gasteiger partial charge is 1.00 e. The van der Waals surface area contributed by atoms with Crippen LogP contribution in [0.3, 0.4) is 0 Å². The number of hydrogen-bond acceptors (Lipinski definition) is 2. The molecule has 0 spiro atoms. The van der Waals surface area contributed by atoms with E-state index >= 15 is 0 Å². The molecule has 108 valence electrons. The van der Waals surface area contributed by atoms with Crippen molar-refractivity contribution in [2.45, 2.75) is 36.8 Å². The molecule has 0 aromatic carbocycles. The molecule has 1 atom stereocenters. The summed E-state index contributed by atoms with van der Waals surface area (Å²) in [5.74, 6) is -30.8. The third-order valence-corrected chi connectivity index (χ3v) is 1.96. The second kappa shape index (κ2) is 5.68. The molecule has 0 radical (unpaired) electrons. The fourth-order valence-corrected chi connectivity index (χ4v) is 0.784. The van der Waals surface area contributed by atoms with Gasteiger partial charge >= 0.3 is 53.2 Å². The molecule has 0 bridgehead atoms. The maximum Gasteiger partial charge on any atom is 1.00 e. The Morgan fingerprint density at radius 3 is 1.47 bits per heavy atom. The fourth-order valence-electron chi connectivity index (χ4n) is 0.784. The Balaban J connectivity index is 0. The van der Waals surface area contributed by atoms with E-state index in [2.05, 4.69) is 0 Å². The first-order valence-corrected chi connectivity index (χ1v) is 4.00. The molecular formula is C7H4F9NaO2. The monoisotopic (exact) mass is 314 g/mol. The van der Waals surface area contributed by atoms with Crippen molar-refractivity contribution in [1.82, 2.24) is 0 Å². The molecule has 0 amide bonds. The van der Waals surface area contributed by atoms with Gasteiger partial charge in [-0.1, -0.05) is 0 Å². The summed E-state index contributed by atoms with van der Waals surface area (Å²) in [5.41, 5.74) is 0. The van der Waals surface area contributed by atoms with Crippen LogP contribution in [0, 0.1) is 0 Å². The molecule has 2 nitrogen and oxygen atoms in total. The van der Waals surface area contributed by atoms with E-state index in [1.807, 2.05) is 0 Å². The van der Waals surface area contributed by atoms with Crippen LogP contribution in [0.1, 0.15) is 6.92 Å². The van der Waals surface area contributed by atoms with Crippen molar-refractivity contribution < 1.29 is 79.0 Å². The standard InChI is InChI=1S/C7H5F9O2.Na/c1-2(8)4(9,10)6(13,14)7(15,16)5(11,12)3(17)18;/h2H,1H3,(H,17,18);/q;+1/p-1. The minimum atomic E-state index is -7.04. The van der Waals surface area contributed by atoms with Crippen molar-refractivity contribution >= 4 is 5.97 Å². The first kappa shape index (κ1) is 21.1. The Kier molecular flexibility index (Phi) is 6.32. The number of carbonyl (C=O) groups excluding carboxylic acids is 1. The molecule has 0 aliphatic carbocycles. The topological polar surface area (TPSA) is 40.1 Å². The summed E-state index contributed by atoms with van der Waals surface area (Å²) >= 11 is 0. The Bertz CT molecular complexity index is 341. The van der Waals surface area contributed by atoms with Gasteiger partial charge in [0.2, 0.25) is 0 Å². The van der Waals surface area contributed by atoms with Crippen molar-refractivity contribution in [2.75, 3.05) is 0 Å². The molecule has 0 rings (SSSR count). The third-order valence-electron chi connectivity index (χ3n) is 1.96. The van der Waals surface area contributed by atoms with Gasteiger partial charge in [-0.2, -0.15) is 35.1 Å². The first-order valence-electron chi connectivity index (χ1n) is 4.00. The zero-order chi connectivity index (χ0) is 15.2. The number of hydrogen-bond donors (Lipinski definition) is 0. The van der Waals surface area contributed by atoms with E-state index in [1.165, 1.54) is 0 Å². The number of alkyl halides is 9. The van der Waals surface area contributed by atoms with E-state index in [4.69, 9.17) is 0 Å². The van der Waals surface area contributed by atoms with E-state index in [1.54, 1.807) is 0 Å². The summed E-state index contributed by atoms with van der Waals surface area (Å²) in [6.45, 7) is -0.277. The van der Waals surface area contributed by atoms with Gasteiger partial charge in [0.15, 0.2) is 6.17 Å². The van der Waals surface area contributed by atoms with E-state index in [-0.39, 0.29) is 36.5 Å². The number of aliphatic carboxylic acids is 1. The zero-order valence-corrected chi connectivity index (χ0v) is 11.3. The van der Waals surface area contributed by atoms with Gasteiger partial charge in [0, 0.05) is 0 Å². The molecule has 12 heteroatoms. The summed E-state index contributed by atoms with van der Waals surface area (Å²) in [6.07, 6.45) is -3.92. The minimum absolute atomic E-state index is 0. The fraction of sp³-hybridized carbons (Fsp3) is 0.857. The summed E-state index contributed by atoms with van der Waals surface area (Å²) < 4.78 is 112. The Morgan fingerprint density at radius 2 is 1.26 bits per heavy atom. The molecule has 0 saturated heterocycles. The van der Waals surface area contributed by atoms with Gasteiger partial charge < -0.3 is 9.90 Å². The smallest absolute Gasteiger partial charge is 0.544 e. The maximum absolute atomic E-state index is 12.6. The second-order valence-corrected chi connectivity index (χ2v) is 3.25. The normalized spacial score (nSPS) is 15.7. The molecule has 0 fully saturated rings. The number of carboxylic acid groups (broad SMARTS) is 1. The number of carbonyl (C=O) groups is 1. The predicted molar refractivity (Wildman–Crippen MR) is 35.4 cm³/mol. The number of halogens is 9. The summed E-state index contributed by atoms with van der Waals surface area (Å²) in [5, 5.41) is 9.60. The third kappa shape index (κ3) is 2.97. The first-order chi connectivity index (χ1) is 7.64. The van der Waals surface area contributed by atoms with E-state index in [9.17, 15) is 49.4 Å². The summed E-state index contributed by atoms with van der Waals surface area (Å²) in [6, 6.07) is 0. The van der Waals surface area contributed by atoms with Gasteiger partial charge in [0.05, 0.1) is 0 Å². The van der Waals surface area contributed by atoms with Crippen molar-refractivity contribution in [3.05, 3.63) is 0 Å². The maximum atomic E-state index is 12.6. The molecule has 0 aliphatic rings. The molecule has 0 aliphatic heterocycles. The number of rotatable bonds is 5. The van der Waals surface area contributed by atoms with Crippen LogP contribution in [-0.2, 0) is 4.79 Å². The quantitative estimate of drug-likeness (QED) is 0.465. The average Bonchev–Trinajstić information content (AvgIpc) is 2.15. The van der Waals surface area contributed by atoms with Crippen LogP contribution in [0.15, 0.2) is 0 Å². The van der Waals surface area contributed by atoms with Crippen LogP contribution in [0.25, 0.3) is 0 Å². The molecule has 0 N–H and O–H groups in total. The minimum Gasteiger partial charge on any atom is -0.544 e. The van der Waals surface area contributed by atoms with Crippen molar-refractivity contribution in [1.29, 1.82) is 0 Å². The van der Waals surface area contributed by atoms with E-state index in [0.717, 1.165) is 0 Å². The van der Waals surface area contributed by atoms with Crippen molar-refractivity contribution in [3.8, 4) is 0 Å². The SMILES string of the molecule is CC(F)C(F)(F)C(F)(F)C(F)(F)C(F)(F)C(=O)[O-].[Na+]. The molecular weight excluding hydrogens is 310 g/mol. The number of carboxylic acids is 1. The molecule has 19 heavy (non-hydrogen) atoms. The van der Waals surface area contributed by atoms with Gasteiger partial charge in [-0.25, -0.2) is 4.39 Å². The molecule has 0 heterocycles. The van der Waals surface area contributed by atoms with Crippen LogP contribution < -0.4 is 34.7 Å². The van der Waals surface area contributed by atoms with E-state index in [0.29, 0.717) is 0 Å². The van der Waals surface area contributed by atoms with Gasteiger partial charge in [0.1, 0.15) is 5.97 Å². The zero-order valence-electron chi connectivity index (χ0n) is 9.30. The Morgan fingerprint density at radius 1 is 0.947 bits per heavy atom. The second-order valence-electron chi connectivity index (χ2n) is 3.25. The van der Waals surface area contributed by atoms with Gasteiger partial charge in [0.25, 0.3) is 0 Å². The summed E-state index contributed by atoms with van der Waals surface area (Å²) in [7, 11) is 0. The molecule has 0 aromatic heterocycles. The van der Waals surface area contributed by atoms with Gasteiger partial charge in [-0.3, -0.25) is 0 Å². The van der Waals surface area contributed by atoms with Crippen LogP contribution in [-0.4, -0.2) is 35.8 Å². The van der Waals surface area contributed by atoms with Crippen molar-refractivity contribution in [3.63, 3.8) is 0 Å². The Labute approximate surface area is 122 Å². The van der Waals surface area contributed by atoms with Gasteiger partial charge in [-0.05, 0) is 6.92 Å². The average molecular weight is 314 g/mol. The van der Waals surface area contributed by atoms with Crippen LogP contribution in [0.5, 0.6) is 0 Å². The van der Waals surface area contributed by atoms with Crippen LogP contribution >= 0.6 is 0 Å². The molecule has 0 aromatic rings. The Hall–Kier alpha value is -0.160. The molecule has 1 unspecified atom stereocenters. The summed E-state index contributed by atoms with van der Waals surface area (Å²) in [4.78, 5) is 9.60. The van der Waals surface area contributed by atoms with Gasteiger partial charge in [-0.15, -0.1) is 0 Å². The molecule has 0 saturated carbocycles.